The highest BCUT2D eigenvalue weighted by atomic mass is 35.5. The number of hydrogen-bond donors (Lipinski definition) is 1. The fraction of sp³-hybridized carbons (Fsp3) is 0.179. The minimum atomic E-state index is -0.378. The molecule has 4 aromatic rings. The SMILES string of the molecule is CC(C)N(CC(=O)Nc1nc(-c2ccccc2)cn1-c1cccc(Cl)c1)C(=O)c1ccc2c(c1)OCO2. The van der Waals surface area contributed by atoms with Gasteiger partial charge in [0.2, 0.25) is 18.6 Å². The molecule has 5 rings (SSSR count). The molecule has 0 radical (unpaired) electrons. The second-order valence-corrected chi connectivity index (χ2v) is 9.25. The van der Waals surface area contributed by atoms with E-state index in [1.165, 1.54) is 4.90 Å². The van der Waals surface area contributed by atoms with Crippen molar-refractivity contribution in [1.29, 1.82) is 0 Å². The van der Waals surface area contributed by atoms with Gasteiger partial charge in [-0.25, -0.2) is 4.98 Å². The zero-order valence-electron chi connectivity index (χ0n) is 20.3. The zero-order chi connectivity index (χ0) is 25.9. The number of hydrogen-bond acceptors (Lipinski definition) is 5. The van der Waals surface area contributed by atoms with Crippen molar-refractivity contribution in [3.63, 3.8) is 0 Å². The summed E-state index contributed by atoms with van der Waals surface area (Å²) in [5.41, 5.74) is 2.75. The average molecular weight is 517 g/mol. The van der Waals surface area contributed by atoms with Crippen LogP contribution in [-0.2, 0) is 4.79 Å². The predicted octanol–water partition coefficient (Wildman–Crippen LogP) is 5.41. The van der Waals surface area contributed by atoms with Crippen molar-refractivity contribution in [2.24, 2.45) is 0 Å². The number of carbonyl (C=O) groups is 2. The molecule has 0 aliphatic carbocycles. The number of benzene rings is 3. The van der Waals surface area contributed by atoms with Crippen LogP contribution in [0.3, 0.4) is 0 Å². The van der Waals surface area contributed by atoms with Gasteiger partial charge in [-0.1, -0.05) is 48.0 Å². The smallest absolute Gasteiger partial charge is 0.254 e. The van der Waals surface area contributed by atoms with Gasteiger partial charge in [-0.3, -0.25) is 19.5 Å². The van der Waals surface area contributed by atoms with Gasteiger partial charge in [-0.15, -0.1) is 0 Å². The highest BCUT2D eigenvalue weighted by molar-refractivity contribution is 6.30. The Morgan fingerprint density at radius 1 is 1.03 bits per heavy atom. The van der Waals surface area contributed by atoms with Gasteiger partial charge in [0.05, 0.1) is 5.69 Å². The van der Waals surface area contributed by atoms with Crippen molar-refractivity contribution in [3.8, 4) is 28.4 Å². The Bertz CT molecular complexity index is 1450. The van der Waals surface area contributed by atoms with Crippen LogP contribution in [0.5, 0.6) is 11.5 Å². The van der Waals surface area contributed by atoms with Crippen LogP contribution in [0.25, 0.3) is 16.9 Å². The Labute approximate surface area is 219 Å². The second kappa shape index (κ2) is 10.4. The van der Waals surface area contributed by atoms with E-state index in [0.29, 0.717) is 33.7 Å². The van der Waals surface area contributed by atoms with E-state index in [0.717, 1.165) is 11.3 Å². The third kappa shape index (κ3) is 5.29. The number of halogens is 1. The molecule has 0 saturated heterocycles. The molecular weight excluding hydrogens is 492 g/mol. The predicted molar refractivity (Wildman–Crippen MR) is 141 cm³/mol. The van der Waals surface area contributed by atoms with Crippen LogP contribution < -0.4 is 14.8 Å². The molecule has 0 atom stereocenters. The van der Waals surface area contributed by atoms with Crippen molar-refractivity contribution < 1.29 is 19.1 Å². The summed E-state index contributed by atoms with van der Waals surface area (Å²) in [7, 11) is 0. The molecule has 9 heteroatoms. The summed E-state index contributed by atoms with van der Waals surface area (Å²) in [4.78, 5) is 32.7. The van der Waals surface area contributed by atoms with E-state index in [1.807, 2.05) is 62.5 Å². The van der Waals surface area contributed by atoms with Gasteiger partial charge < -0.3 is 14.4 Å². The van der Waals surface area contributed by atoms with Crippen molar-refractivity contribution >= 4 is 29.4 Å². The van der Waals surface area contributed by atoms with E-state index in [4.69, 9.17) is 21.1 Å². The molecule has 8 nitrogen and oxygen atoms in total. The minimum Gasteiger partial charge on any atom is -0.454 e. The molecular formula is C28H25ClN4O4. The Morgan fingerprint density at radius 2 is 1.81 bits per heavy atom. The zero-order valence-corrected chi connectivity index (χ0v) is 21.1. The van der Waals surface area contributed by atoms with Gasteiger partial charge in [0, 0.05) is 34.1 Å². The standard InChI is InChI=1S/C28H25ClN4O4/c1-18(2)32(27(35)20-11-12-24-25(13-20)37-17-36-24)16-26(34)31-28-30-23(19-7-4-3-5-8-19)15-33(28)22-10-6-9-21(29)14-22/h3-15,18H,16-17H2,1-2H3,(H,30,31,34). The Kier molecular flexibility index (Phi) is 6.83. The fourth-order valence-corrected chi connectivity index (χ4v) is 4.23. The number of imidazole rings is 1. The molecule has 1 aliphatic rings. The molecule has 0 saturated carbocycles. The Morgan fingerprint density at radius 3 is 2.57 bits per heavy atom. The summed E-state index contributed by atoms with van der Waals surface area (Å²) in [6, 6.07) is 21.7. The molecule has 0 fully saturated rings. The lowest BCUT2D eigenvalue weighted by Gasteiger charge is -2.26. The van der Waals surface area contributed by atoms with E-state index in [9.17, 15) is 9.59 Å². The maximum atomic E-state index is 13.3. The lowest BCUT2D eigenvalue weighted by molar-refractivity contribution is -0.117. The first-order chi connectivity index (χ1) is 17.9. The van der Waals surface area contributed by atoms with E-state index in [2.05, 4.69) is 10.3 Å². The molecule has 188 valence electrons. The fourth-order valence-electron chi connectivity index (χ4n) is 4.04. The van der Waals surface area contributed by atoms with E-state index in [1.54, 1.807) is 34.9 Å². The molecule has 0 unspecified atom stereocenters. The summed E-state index contributed by atoms with van der Waals surface area (Å²) in [6.45, 7) is 3.68. The van der Waals surface area contributed by atoms with Crippen LogP contribution in [0, 0.1) is 0 Å². The number of anilines is 1. The number of rotatable bonds is 7. The highest BCUT2D eigenvalue weighted by Gasteiger charge is 2.25. The first-order valence-electron chi connectivity index (χ1n) is 11.8. The molecule has 0 bridgehead atoms. The van der Waals surface area contributed by atoms with E-state index >= 15 is 0 Å². The lowest BCUT2D eigenvalue weighted by Crippen LogP contribution is -2.42. The van der Waals surface area contributed by atoms with Crippen LogP contribution in [-0.4, -0.2) is 45.6 Å². The van der Waals surface area contributed by atoms with E-state index in [-0.39, 0.29) is 31.2 Å². The number of nitrogens with one attached hydrogen (secondary N) is 1. The van der Waals surface area contributed by atoms with Crippen LogP contribution in [0.1, 0.15) is 24.2 Å². The molecule has 1 aliphatic heterocycles. The molecule has 1 N–H and O–H groups in total. The van der Waals surface area contributed by atoms with Gasteiger partial charge in [0.25, 0.3) is 5.91 Å². The first-order valence-corrected chi connectivity index (χ1v) is 12.2. The molecule has 1 aromatic heterocycles. The van der Waals surface area contributed by atoms with Crippen LogP contribution in [0.15, 0.2) is 79.0 Å². The van der Waals surface area contributed by atoms with Crippen molar-refractivity contribution in [2.45, 2.75) is 19.9 Å². The minimum absolute atomic E-state index is 0.119. The number of amides is 2. The summed E-state index contributed by atoms with van der Waals surface area (Å²) in [6.07, 6.45) is 1.84. The number of carbonyl (C=O) groups excluding carboxylic acids is 2. The monoisotopic (exact) mass is 516 g/mol. The van der Waals surface area contributed by atoms with Gasteiger partial charge in [0.15, 0.2) is 11.5 Å². The van der Waals surface area contributed by atoms with Gasteiger partial charge in [-0.2, -0.15) is 0 Å². The quantitative estimate of drug-likeness (QED) is 0.355. The highest BCUT2D eigenvalue weighted by Crippen LogP contribution is 2.33. The van der Waals surface area contributed by atoms with Crippen molar-refractivity contribution in [3.05, 3.63) is 89.6 Å². The third-order valence-electron chi connectivity index (χ3n) is 5.93. The topological polar surface area (TPSA) is 85.7 Å². The Balaban J connectivity index is 1.40. The summed E-state index contributed by atoms with van der Waals surface area (Å²) < 4.78 is 12.5. The van der Waals surface area contributed by atoms with Gasteiger partial charge in [-0.05, 0) is 50.2 Å². The maximum absolute atomic E-state index is 13.3. The molecule has 0 spiro atoms. The van der Waals surface area contributed by atoms with Gasteiger partial charge in [0.1, 0.15) is 6.54 Å². The number of nitrogens with zero attached hydrogens (tertiary/aromatic N) is 3. The average Bonchev–Trinajstić information content (AvgIpc) is 3.54. The van der Waals surface area contributed by atoms with Gasteiger partial charge >= 0.3 is 0 Å². The third-order valence-corrected chi connectivity index (χ3v) is 6.17. The molecule has 37 heavy (non-hydrogen) atoms. The first kappa shape index (κ1) is 24.4. The number of fused-ring (bicyclic) bond motifs is 1. The summed E-state index contributed by atoms with van der Waals surface area (Å²) in [5, 5.41) is 3.44. The van der Waals surface area contributed by atoms with Crippen molar-refractivity contribution in [1.82, 2.24) is 14.5 Å². The van der Waals surface area contributed by atoms with Crippen LogP contribution in [0.4, 0.5) is 5.95 Å². The maximum Gasteiger partial charge on any atom is 0.254 e. The normalized spacial score (nSPS) is 12.0. The van der Waals surface area contributed by atoms with Crippen LogP contribution in [0.2, 0.25) is 5.02 Å². The molecule has 2 heterocycles. The Hall–Kier alpha value is -4.30. The molecule has 2 amide bonds. The molecule has 3 aromatic carbocycles. The van der Waals surface area contributed by atoms with Crippen molar-refractivity contribution in [2.75, 3.05) is 18.7 Å². The summed E-state index contributed by atoms with van der Waals surface area (Å²) in [5.74, 6) is 0.761. The lowest BCUT2D eigenvalue weighted by atomic mass is 10.1. The number of aromatic nitrogens is 2. The van der Waals surface area contributed by atoms with E-state index < -0.39 is 0 Å². The largest absolute Gasteiger partial charge is 0.454 e. The number of ether oxygens (including phenoxy) is 2. The second-order valence-electron chi connectivity index (χ2n) is 8.81. The summed E-state index contributed by atoms with van der Waals surface area (Å²) >= 11 is 6.23. The van der Waals surface area contributed by atoms with Crippen LogP contribution >= 0.6 is 11.6 Å².